The maximum atomic E-state index is 14.0. The Morgan fingerprint density at radius 3 is 2.07 bits per heavy atom. The van der Waals surface area contributed by atoms with Gasteiger partial charge in [-0.1, -0.05) is 123 Å². The first-order valence-corrected chi connectivity index (χ1v) is 17.2. The van der Waals surface area contributed by atoms with E-state index < -0.39 is 0 Å². The van der Waals surface area contributed by atoms with Crippen molar-refractivity contribution in [2.75, 3.05) is 33.2 Å². The van der Waals surface area contributed by atoms with E-state index in [0.29, 0.717) is 25.6 Å². The van der Waals surface area contributed by atoms with Crippen LogP contribution in [-0.4, -0.2) is 65.8 Å². The summed E-state index contributed by atoms with van der Waals surface area (Å²) < 4.78 is 0. The second-order valence-corrected chi connectivity index (χ2v) is 13.2. The van der Waals surface area contributed by atoms with Crippen molar-refractivity contribution >= 4 is 11.8 Å². The van der Waals surface area contributed by atoms with E-state index in [-0.39, 0.29) is 23.9 Å². The first-order valence-electron chi connectivity index (χ1n) is 17.2. The van der Waals surface area contributed by atoms with Crippen LogP contribution in [0.3, 0.4) is 0 Å². The first-order chi connectivity index (χ1) is 22.1. The van der Waals surface area contributed by atoms with Gasteiger partial charge in [-0.25, -0.2) is 0 Å². The molecule has 0 spiro atoms. The number of carbonyl (C=O) groups excluding carboxylic acids is 2. The van der Waals surface area contributed by atoms with Crippen molar-refractivity contribution in [3.63, 3.8) is 0 Å². The molecule has 1 saturated carbocycles. The van der Waals surface area contributed by atoms with Crippen molar-refractivity contribution < 1.29 is 9.59 Å². The molecule has 0 bridgehead atoms. The van der Waals surface area contributed by atoms with Gasteiger partial charge >= 0.3 is 11.8 Å². The number of nitrogens with zero attached hydrogens (tertiary/aromatic N) is 3. The number of hydrogen-bond acceptors (Lipinski definition) is 4. The zero-order valence-electron chi connectivity index (χ0n) is 27.2. The summed E-state index contributed by atoms with van der Waals surface area (Å²) in [5.41, 5.74) is 3.66. The van der Waals surface area contributed by atoms with Crippen molar-refractivity contribution in [3.8, 4) is 0 Å². The second kappa shape index (κ2) is 17.3. The van der Waals surface area contributed by atoms with Crippen LogP contribution >= 0.6 is 0 Å². The van der Waals surface area contributed by atoms with Crippen LogP contribution in [0.15, 0.2) is 91.0 Å². The Balaban J connectivity index is 1.28. The van der Waals surface area contributed by atoms with E-state index in [1.807, 2.05) is 21.9 Å². The lowest BCUT2D eigenvalue weighted by molar-refractivity contribution is -0.162. The lowest BCUT2D eigenvalue weighted by Gasteiger charge is -2.45. The van der Waals surface area contributed by atoms with Gasteiger partial charge in [-0.05, 0) is 61.9 Å². The molecule has 1 aliphatic heterocycles. The minimum absolute atomic E-state index is 0.0455. The van der Waals surface area contributed by atoms with Gasteiger partial charge in [0.15, 0.2) is 0 Å². The van der Waals surface area contributed by atoms with Crippen LogP contribution in [0.4, 0.5) is 0 Å². The van der Waals surface area contributed by atoms with Gasteiger partial charge in [0.1, 0.15) is 0 Å². The van der Waals surface area contributed by atoms with Gasteiger partial charge in [0, 0.05) is 38.8 Å². The lowest BCUT2D eigenvalue weighted by Crippen LogP contribution is -2.60. The van der Waals surface area contributed by atoms with E-state index in [2.05, 4.69) is 96.1 Å². The summed E-state index contributed by atoms with van der Waals surface area (Å²) in [6.45, 7) is 4.56. The highest BCUT2D eigenvalue weighted by Gasteiger charge is 2.42. The van der Waals surface area contributed by atoms with E-state index in [0.717, 1.165) is 57.3 Å². The van der Waals surface area contributed by atoms with Crippen LogP contribution in [0.2, 0.25) is 0 Å². The number of amides is 2. The van der Waals surface area contributed by atoms with Crippen LogP contribution in [-0.2, 0) is 22.7 Å². The highest BCUT2D eigenvalue weighted by atomic mass is 16.2. The third-order valence-electron chi connectivity index (χ3n) is 9.68. The van der Waals surface area contributed by atoms with E-state index in [1.54, 1.807) is 0 Å². The molecule has 1 saturated heterocycles. The van der Waals surface area contributed by atoms with E-state index >= 15 is 0 Å². The molecule has 2 aliphatic rings. The molecule has 0 unspecified atom stereocenters. The van der Waals surface area contributed by atoms with Crippen LogP contribution in [0.1, 0.15) is 80.5 Å². The third kappa shape index (κ3) is 9.75. The standard InChI is InChI=1S/C39H52N4O2/c1-41(29-33-19-11-5-12-20-33)26-16-15-25-36(28-40-27-32-17-9-4-10-18-32)42-31-37(35-23-13-6-14-24-35)43(39(45)38(42)44)30-34-21-7-2-3-8-22-34/h4-6,9-14,17-20,23-24,34,36-37,40H,2-3,7-8,15-16,21-22,25-31H2,1H3/t36-,37+/m0/s1. The van der Waals surface area contributed by atoms with Gasteiger partial charge in [0.05, 0.1) is 6.04 Å². The molecule has 2 atom stereocenters. The van der Waals surface area contributed by atoms with Crippen LogP contribution < -0.4 is 5.32 Å². The monoisotopic (exact) mass is 608 g/mol. The summed E-state index contributed by atoms with van der Waals surface area (Å²) in [7, 11) is 2.17. The maximum Gasteiger partial charge on any atom is 0.312 e. The number of unbranched alkanes of at least 4 members (excludes halogenated alkanes) is 1. The molecule has 3 aromatic rings. The summed E-state index contributed by atoms with van der Waals surface area (Å²) >= 11 is 0. The molecule has 45 heavy (non-hydrogen) atoms. The van der Waals surface area contributed by atoms with Gasteiger partial charge < -0.3 is 20.0 Å². The Hall–Kier alpha value is -3.48. The summed E-state index contributed by atoms with van der Waals surface area (Å²) in [5.74, 6) is -0.184. The Kier molecular flexibility index (Phi) is 12.6. The summed E-state index contributed by atoms with van der Waals surface area (Å²) in [4.78, 5) is 34.1. The predicted molar refractivity (Wildman–Crippen MR) is 182 cm³/mol. The molecule has 0 radical (unpaired) electrons. The van der Waals surface area contributed by atoms with E-state index in [9.17, 15) is 9.59 Å². The van der Waals surface area contributed by atoms with Crippen molar-refractivity contribution in [1.82, 2.24) is 20.0 Å². The zero-order valence-corrected chi connectivity index (χ0v) is 27.2. The number of benzene rings is 3. The normalized spacial score (nSPS) is 18.8. The number of piperazine rings is 1. The van der Waals surface area contributed by atoms with Crippen LogP contribution in [0, 0.1) is 5.92 Å². The molecular weight excluding hydrogens is 556 g/mol. The largest absolute Gasteiger partial charge is 0.328 e. The fourth-order valence-electron chi connectivity index (χ4n) is 7.15. The van der Waals surface area contributed by atoms with Crippen molar-refractivity contribution in [2.45, 2.75) is 83.0 Å². The molecular formula is C39H52N4O2. The molecule has 1 N–H and O–H groups in total. The van der Waals surface area contributed by atoms with Gasteiger partial charge in [0.25, 0.3) is 0 Å². The summed E-state index contributed by atoms with van der Waals surface area (Å²) in [6.07, 6.45) is 10.2. The van der Waals surface area contributed by atoms with Gasteiger partial charge in [0.2, 0.25) is 0 Å². The fraction of sp³-hybridized carbons (Fsp3) is 0.487. The Labute approximate surface area is 270 Å². The first kappa shape index (κ1) is 32.9. The van der Waals surface area contributed by atoms with E-state index in [4.69, 9.17) is 0 Å². The van der Waals surface area contributed by atoms with Crippen molar-refractivity contribution in [1.29, 1.82) is 0 Å². The SMILES string of the molecule is CN(CCCC[C@@H](CNCc1ccccc1)N1C[C@H](c2ccccc2)N(CC2CCCCCC2)C(=O)C1=O)Cc1ccccc1. The van der Waals surface area contributed by atoms with Crippen molar-refractivity contribution in [2.24, 2.45) is 5.92 Å². The minimum atomic E-state index is -0.330. The maximum absolute atomic E-state index is 14.0. The molecule has 2 amide bonds. The fourth-order valence-corrected chi connectivity index (χ4v) is 7.15. The molecule has 0 aromatic heterocycles. The number of rotatable bonds is 15. The number of nitrogens with one attached hydrogen (secondary N) is 1. The zero-order chi connectivity index (χ0) is 31.3. The molecule has 3 aromatic carbocycles. The molecule has 240 valence electrons. The Morgan fingerprint density at radius 2 is 1.40 bits per heavy atom. The molecule has 6 nitrogen and oxygen atoms in total. The topological polar surface area (TPSA) is 55.9 Å². The average molecular weight is 609 g/mol. The van der Waals surface area contributed by atoms with Gasteiger partial charge in [-0.3, -0.25) is 9.59 Å². The third-order valence-corrected chi connectivity index (χ3v) is 9.68. The molecule has 2 fully saturated rings. The van der Waals surface area contributed by atoms with Crippen LogP contribution in [0.25, 0.3) is 0 Å². The predicted octanol–water partition coefficient (Wildman–Crippen LogP) is 6.83. The Morgan fingerprint density at radius 1 is 0.778 bits per heavy atom. The highest BCUT2D eigenvalue weighted by Crippen LogP contribution is 2.32. The molecule has 1 aliphatic carbocycles. The molecule has 1 heterocycles. The summed E-state index contributed by atoms with van der Waals surface area (Å²) in [5, 5.41) is 3.63. The number of hydrogen-bond donors (Lipinski definition) is 1. The highest BCUT2D eigenvalue weighted by molar-refractivity contribution is 6.35. The Bertz CT molecular complexity index is 1290. The average Bonchev–Trinajstić information content (AvgIpc) is 3.35. The molecule has 5 rings (SSSR count). The second-order valence-electron chi connectivity index (χ2n) is 13.2. The lowest BCUT2D eigenvalue weighted by atomic mass is 9.94. The minimum Gasteiger partial charge on any atom is -0.328 e. The van der Waals surface area contributed by atoms with Crippen LogP contribution in [0.5, 0.6) is 0 Å². The smallest absolute Gasteiger partial charge is 0.312 e. The van der Waals surface area contributed by atoms with Gasteiger partial charge in [-0.2, -0.15) is 0 Å². The van der Waals surface area contributed by atoms with Gasteiger partial charge in [-0.15, -0.1) is 0 Å². The summed E-state index contributed by atoms with van der Waals surface area (Å²) in [6, 6.07) is 31.2. The van der Waals surface area contributed by atoms with E-state index in [1.165, 1.54) is 36.8 Å². The molecule has 6 heteroatoms. The van der Waals surface area contributed by atoms with Crippen molar-refractivity contribution in [3.05, 3.63) is 108 Å². The number of carbonyl (C=O) groups is 2. The quantitative estimate of drug-likeness (QED) is 0.117.